The first-order chi connectivity index (χ1) is 12.6. The second-order valence-electron chi connectivity index (χ2n) is 6.72. The summed E-state index contributed by atoms with van der Waals surface area (Å²) >= 11 is 3.40. The molecule has 0 radical (unpaired) electrons. The van der Waals surface area contributed by atoms with Crippen molar-refractivity contribution in [3.63, 3.8) is 0 Å². The average Bonchev–Trinajstić information content (AvgIpc) is 3.26. The van der Waals surface area contributed by atoms with Crippen molar-refractivity contribution in [1.29, 1.82) is 0 Å². The normalized spacial score (nSPS) is 16.1. The van der Waals surface area contributed by atoms with Crippen molar-refractivity contribution in [1.82, 2.24) is 10.8 Å². The first-order valence-electron chi connectivity index (χ1n) is 8.47. The molecule has 150 valence electrons. The minimum absolute atomic E-state index is 0.220. The number of thiophene rings is 2. The minimum Gasteiger partial charge on any atom is -0.382 e. The Bertz CT molecular complexity index is 776. The molecule has 0 saturated carbocycles. The largest absolute Gasteiger partial charge is 0.382 e. The summed E-state index contributed by atoms with van der Waals surface area (Å²) in [6.45, 7) is 4.29. The van der Waals surface area contributed by atoms with Crippen LogP contribution in [0.4, 0.5) is 8.78 Å². The van der Waals surface area contributed by atoms with Crippen LogP contribution in [-0.2, 0) is 11.2 Å². The maximum atomic E-state index is 13.2. The van der Waals surface area contributed by atoms with Crippen LogP contribution in [0.1, 0.15) is 30.0 Å². The van der Waals surface area contributed by atoms with Gasteiger partial charge in [0.1, 0.15) is 11.1 Å². The van der Waals surface area contributed by atoms with Crippen LogP contribution in [0.2, 0.25) is 0 Å². The van der Waals surface area contributed by atoms with E-state index < -0.39 is 23.5 Å². The molecule has 2 aromatic rings. The van der Waals surface area contributed by atoms with Crippen LogP contribution >= 0.6 is 22.7 Å². The number of halogens is 2. The van der Waals surface area contributed by atoms with Crippen molar-refractivity contribution in [3.8, 4) is 9.75 Å². The number of rotatable bonds is 9. The summed E-state index contributed by atoms with van der Waals surface area (Å²) in [6, 6.07) is 8.25. The maximum Gasteiger partial charge on any atom is 0.268 e. The van der Waals surface area contributed by atoms with Crippen molar-refractivity contribution in [2.24, 2.45) is 0 Å². The Morgan fingerprint density at radius 3 is 2.37 bits per heavy atom. The highest BCUT2D eigenvalue weighted by atomic mass is 32.1. The van der Waals surface area contributed by atoms with Gasteiger partial charge in [-0.15, -0.1) is 22.7 Å². The third-order valence-electron chi connectivity index (χ3n) is 4.72. The fraction of sp³-hybridized carbons (Fsp3) is 0.500. The van der Waals surface area contributed by atoms with E-state index >= 15 is 0 Å². The van der Waals surface area contributed by atoms with Gasteiger partial charge in [-0.25, -0.2) is 14.3 Å². The quantitative estimate of drug-likeness (QED) is 0.285. The van der Waals surface area contributed by atoms with Gasteiger partial charge in [-0.3, -0.25) is 10.0 Å². The molecule has 2 atom stereocenters. The summed E-state index contributed by atoms with van der Waals surface area (Å²) < 4.78 is 26.4. The predicted octanol–water partition coefficient (Wildman–Crippen LogP) is 3.59. The van der Waals surface area contributed by atoms with Gasteiger partial charge in [0.05, 0.1) is 0 Å². The Balaban J connectivity index is 1.96. The number of hydrogen-bond donors (Lipinski definition) is 4. The van der Waals surface area contributed by atoms with Crippen molar-refractivity contribution in [2.75, 3.05) is 6.54 Å². The minimum atomic E-state index is -3.17. The van der Waals surface area contributed by atoms with Crippen LogP contribution in [0.5, 0.6) is 0 Å². The fourth-order valence-corrected chi connectivity index (χ4v) is 4.64. The molecule has 4 N–H and O–H groups in total. The molecule has 2 rings (SSSR count). The standard InChI is InChI=1S/C18H24F2N2O3S2/c1-11-6-8-13(26-11)14-9-7-12(27-14)5-4-10-21-17(2,16(23)22-25)18(3,24)15(19)20/h6-9,15,21,24-25H,4-5,10H2,1-3H3,(H,22,23). The number of alkyl halides is 2. The fourth-order valence-electron chi connectivity index (χ4n) is 2.63. The summed E-state index contributed by atoms with van der Waals surface area (Å²) in [5.74, 6) is -1.11. The zero-order chi connectivity index (χ0) is 20.2. The van der Waals surface area contributed by atoms with Gasteiger partial charge in [-0.1, -0.05) is 0 Å². The van der Waals surface area contributed by atoms with E-state index in [-0.39, 0.29) is 6.54 Å². The molecule has 0 spiro atoms. The Morgan fingerprint density at radius 1 is 1.19 bits per heavy atom. The van der Waals surface area contributed by atoms with E-state index in [1.165, 1.54) is 20.1 Å². The van der Waals surface area contributed by atoms with Gasteiger partial charge in [0.25, 0.3) is 12.3 Å². The molecule has 5 nitrogen and oxygen atoms in total. The third-order valence-corrected chi connectivity index (χ3v) is 7.06. The first kappa shape index (κ1) is 21.9. The van der Waals surface area contributed by atoms with Crippen molar-refractivity contribution < 1.29 is 23.9 Å². The number of carbonyl (C=O) groups excluding carboxylic acids is 1. The van der Waals surface area contributed by atoms with E-state index in [4.69, 9.17) is 5.21 Å². The Kier molecular flexibility index (Phi) is 7.09. The molecule has 0 bridgehead atoms. The molecular weight excluding hydrogens is 394 g/mol. The van der Waals surface area contributed by atoms with E-state index in [1.807, 2.05) is 6.07 Å². The van der Waals surface area contributed by atoms with Crippen molar-refractivity contribution in [2.45, 2.75) is 51.2 Å². The summed E-state index contributed by atoms with van der Waals surface area (Å²) in [6.07, 6.45) is -1.88. The Labute approximate surface area is 165 Å². The molecule has 1 amide bonds. The highest BCUT2D eigenvalue weighted by Gasteiger charge is 2.54. The number of amides is 1. The van der Waals surface area contributed by atoms with Crippen LogP contribution < -0.4 is 10.8 Å². The lowest BCUT2D eigenvalue weighted by atomic mass is 9.81. The van der Waals surface area contributed by atoms with Crippen LogP contribution in [-0.4, -0.2) is 40.3 Å². The lowest BCUT2D eigenvalue weighted by molar-refractivity contribution is -0.167. The Morgan fingerprint density at radius 2 is 1.81 bits per heavy atom. The van der Waals surface area contributed by atoms with E-state index in [9.17, 15) is 18.7 Å². The van der Waals surface area contributed by atoms with Crippen LogP contribution in [0.3, 0.4) is 0 Å². The molecular formula is C18H24F2N2O3S2. The molecule has 27 heavy (non-hydrogen) atoms. The number of aliphatic hydroxyl groups is 1. The third kappa shape index (κ3) is 4.72. The van der Waals surface area contributed by atoms with Gasteiger partial charge in [0.2, 0.25) is 0 Å². The molecule has 0 aliphatic heterocycles. The predicted molar refractivity (Wildman–Crippen MR) is 104 cm³/mol. The van der Waals surface area contributed by atoms with Gasteiger partial charge in [0.15, 0.2) is 0 Å². The van der Waals surface area contributed by atoms with Crippen molar-refractivity contribution >= 4 is 28.6 Å². The lowest BCUT2D eigenvalue weighted by Crippen LogP contribution is -2.70. The molecule has 2 heterocycles. The summed E-state index contributed by atoms with van der Waals surface area (Å²) in [5.41, 5.74) is -3.33. The molecule has 2 unspecified atom stereocenters. The molecule has 0 saturated heterocycles. The first-order valence-corrected chi connectivity index (χ1v) is 10.1. The van der Waals surface area contributed by atoms with Crippen molar-refractivity contribution in [3.05, 3.63) is 34.0 Å². The highest BCUT2D eigenvalue weighted by Crippen LogP contribution is 2.34. The van der Waals surface area contributed by atoms with Gasteiger partial charge in [-0.05, 0) is 64.4 Å². The van der Waals surface area contributed by atoms with Gasteiger partial charge in [-0.2, -0.15) is 0 Å². The summed E-state index contributed by atoms with van der Waals surface area (Å²) in [5, 5.41) is 21.6. The van der Waals surface area contributed by atoms with E-state index in [2.05, 4.69) is 30.4 Å². The maximum absolute atomic E-state index is 13.2. The van der Waals surface area contributed by atoms with Gasteiger partial charge < -0.3 is 10.4 Å². The zero-order valence-electron chi connectivity index (χ0n) is 15.4. The number of hydrogen-bond acceptors (Lipinski definition) is 6. The van der Waals surface area contributed by atoms with E-state index in [1.54, 1.807) is 22.7 Å². The van der Waals surface area contributed by atoms with Gasteiger partial charge >= 0.3 is 0 Å². The highest BCUT2D eigenvalue weighted by molar-refractivity contribution is 7.22. The average molecular weight is 419 g/mol. The number of carbonyl (C=O) groups is 1. The monoisotopic (exact) mass is 418 g/mol. The summed E-state index contributed by atoms with van der Waals surface area (Å²) in [7, 11) is 0. The molecule has 0 aliphatic rings. The second-order valence-corrected chi connectivity index (χ2v) is 9.18. The molecule has 0 fully saturated rings. The zero-order valence-corrected chi connectivity index (χ0v) is 17.0. The second kappa shape index (κ2) is 8.74. The lowest BCUT2D eigenvalue weighted by Gasteiger charge is -2.40. The molecule has 2 aromatic heterocycles. The van der Waals surface area contributed by atoms with Crippen LogP contribution in [0.15, 0.2) is 24.3 Å². The van der Waals surface area contributed by atoms with E-state index in [0.717, 1.165) is 18.7 Å². The smallest absolute Gasteiger partial charge is 0.268 e. The van der Waals surface area contributed by atoms with Crippen LogP contribution in [0, 0.1) is 6.92 Å². The molecule has 0 aromatic carbocycles. The SMILES string of the molecule is Cc1ccc(-c2ccc(CCCNC(C)(C(=O)NO)C(C)(O)C(F)F)s2)s1. The number of aryl methyl sites for hydroxylation is 2. The number of hydroxylamine groups is 1. The summed E-state index contributed by atoms with van der Waals surface area (Å²) in [4.78, 5) is 16.7. The van der Waals surface area contributed by atoms with Gasteiger partial charge in [0, 0.05) is 19.5 Å². The topological polar surface area (TPSA) is 81.6 Å². The van der Waals surface area contributed by atoms with E-state index in [0.29, 0.717) is 12.8 Å². The molecule has 9 heteroatoms. The van der Waals surface area contributed by atoms with Crippen LogP contribution in [0.25, 0.3) is 9.75 Å². The number of nitrogens with one attached hydrogen (secondary N) is 2. The molecule has 0 aliphatic carbocycles. The Hall–Kier alpha value is -1.39.